The molecule has 2 spiro atoms. The van der Waals surface area contributed by atoms with E-state index in [1.165, 1.54) is 6.33 Å². The summed E-state index contributed by atoms with van der Waals surface area (Å²) < 4.78 is 50.2. The van der Waals surface area contributed by atoms with Crippen LogP contribution in [-0.2, 0) is 25.2 Å². The smallest absolute Gasteiger partial charge is 0.145 e. The molecular weight excluding hydrogens is 534 g/mol. The second kappa shape index (κ2) is 9.33. The van der Waals surface area contributed by atoms with Gasteiger partial charge in [0.05, 0.1) is 35.8 Å². The lowest BCUT2D eigenvalue weighted by Gasteiger charge is -2.31. The van der Waals surface area contributed by atoms with Gasteiger partial charge in [0, 0.05) is 35.9 Å². The Kier molecular flexibility index (Phi) is 5.88. The van der Waals surface area contributed by atoms with Gasteiger partial charge in [-0.2, -0.15) is 0 Å². The molecule has 11 nitrogen and oxygen atoms in total. The van der Waals surface area contributed by atoms with E-state index in [2.05, 4.69) is 36.6 Å². The summed E-state index contributed by atoms with van der Waals surface area (Å²) in [6.07, 6.45) is 3.84. The van der Waals surface area contributed by atoms with E-state index in [-0.39, 0.29) is 13.0 Å². The van der Waals surface area contributed by atoms with E-state index in [9.17, 15) is 0 Å². The maximum Gasteiger partial charge on any atom is 0.145 e. The average molecular weight is 569 g/mol. The third-order valence-corrected chi connectivity index (χ3v) is 9.97. The number of nitrogens with one attached hydrogen (secondary N) is 2. The highest BCUT2D eigenvalue weighted by Crippen LogP contribution is 2.62. The Bertz CT molecular complexity index is 1400. The van der Waals surface area contributed by atoms with Gasteiger partial charge in [0.2, 0.25) is 0 Å². The summed E-state index contributed by atoms with van der Waals surface area (Å²) in [7, 11) is 0. The lowest BCUT2D eigenvalue weighted by molar-refractivity contribution is -0.0826. The number of nitrogens with two attached hydrogens (primary N) is 2. The van der Waals surface area contributed by atoms with Crippen LogP contribution in [0.4, 0.5) is 20.4 Å². The molecule has 13 heteroatoms. The van der Waals surface area contributed by atoms with Crippen molar-refractivity contribution >= 4 is 11.6 Å². The van der Waals surface area contributed by atoms with Gasteiger partial charge in [0.15, 0.2) is 0 Å². The molecule has 6 heterocycles. The van der Waals surface area contributed by atoms with Crippen molar-refractivity contribution in [2.45, 2.75) is 80.1 Å². The molecule has 3 fully saturated rings. The average Bonchev–Trinajstić information content (AvgIpc) is 3.75. The lowest BCUT2D eigenvalue weighted by Crippen LogP contribution is -2.37. The van der Waals surface area contributed by atoms with Crippen LogP contribution in [0.5, 0.6) is 0 Å². The van der Waals surface area contributed by atoms with E-state index < -0.39 is 59.9 Å². The van der Waals surface area contributed by atoms with Crippen LogP contribution >= 0.6 is 0 Å². The number of alkyl halides is 2. The van der Waals surface area contributed by atoms with Crippen LogP contribution in [0.2, 0.25) is 0 Å². The van der Waals surface area contributed by atoms with E-state index in [1.54, 1.807) is 6.33 Å². The summed E-state index contributed by atoms with van der Waals surface area (Å²) in [6, 6.07) is 0. The molecule has 2 unspecified atom stereocenters. The number of aromatic nitrogens is 4. The summed E-state index contributed by atoms with van der Waals surface area (Å²) in [6.45, 7) is 1.29. The molecule has 0 aromatic carbocycles. The molecule has 2 aliphatic carbocycles. The van der Waals surface area contributed by atoms with Crippen LogP contribution in [0.15, 0.2) is 24.8 Å². The molecular formula is C28H34F2N8O3. The third-order valence-electron chi connectivity index (χ3n) is 9.97. The lowest BCUT2D eigenvalue weighted by atomic mass is 9.78. The first-order chi connectivity index (χ1) is 19.9. The van der Waals surface area contributed by atoms with Gasteiger partial charge in [-0.15, -0.1) is 0 Å². The summed E-state index contributed by atoms with van der Waals surface area (Å²) in [5.41, 5.74) is 14.1. The number of nitrogens with zero attached hydrogens (tertiary/aromatic N) is 4. The molecule has 4 aliphatic heterocycles. The van der Waals surface area contributed by atoms with Crippen LogP contribution in [0.1, 0.15) is 54.6 Å². The molecule has 2 aromatic heterocycles. The molecule has 6 aliphatic rings. The monoisotopic (exact) mass is 568 g/mol. The number of ether oxygens (including phenoxy) is 3. The maximum atomic E-state index is 15.8. The molecule has 6 N–H and O–H groups in total. The van der Waals surface area contributed by atoms with Gasteiger partial charge < -0.3 is 36.3 Å². The zero-order valence-corrected chi connectivity index (χ0v) is 22.5. The Balaban J connectivity index is 1.25. The van der Waals surface area contributed by atoms with Crippen molar-refractivity contribution in [2.24, 2.45) is 23.3 Å². The number of fused-ring (bicyclic) bond motifs is 2. The molecule has 0 saturated carbocycles. The quantitative estimate of drug-likeness (QED) is 0.344. The summed E-state index contributed by atoms with van der Waals surface area (Å²) in [5, 5.41) is 6.81. The third kappa shape index (κ3) is 3.86. The number of rotatable bonds is 0. The predicted octanol–water partition coefficient (Wildman–Crippen LogP) is 1.77. The first-order valence-electron chi connectivity index (χ1n) is 14.5. The summed E-state index contributed by atoms with van der Waals surface area (Å²) >= 11 is 0. The molecule has 3 saturated heterocycles. The van der Waals surface area contributed by atoms with Crippen LogP contribution in [0.25, 0.3) is 0 Å². The van der Waals surface area contributed by atoms with Crippen molar-refractivity contribution in [3.8, 4) is 0 Å². The summed E-state index contributed by atoms with van der Waals surface area (Å²) in [5.74, 6) is 0.313. The molecule has 8 rings (SSSR count). The largest absolute Gasteiger partial charge is 0.369 e. The Hall–Kier alpha value is -2.84. The highest BCUT2D eigenvalue weighted by molar-refractivity contribution is 5.68. The number of anilines is 2. The van der Waals surface area contributed by atoms with E-state index >= 15 is 8.78 Å². The molecule has 2 aromatic rings. The van der Waals surface area contributed by atoms with Gasteiger partial charge in [-0.3, -0.25) is 0 Å². The fourth-order valence-corrected chi connectivity index (χ4v) is 7.82. The normalized spacial score (nSPS) is 43.3. The molecule has 41 heavy (non-hydrogen) atoms. The minimum Gasteiger partial charge on any atom is -0.369 e. The second-order valence-electron chi connectivity index (χ2n) is 12.1. The fraction of sp³-hybridized carbons (Fsp3) is 0.643. The predicted molar refractivity (Wildman–Crippen MR) is 143 cm³/mol. The number of hydrogen-bond donors (Lipinski definition) is 4. The van der Waals surface area contributed by atoms with E-state index in [0.29, 0.717) is 43.9 Å². The molecule has 0 amide bonds. The molecule has 0 radical (unpaired) electrons. The topological polar surface area (TPSA) is 155 Å². The van der Waals surface area contributed by atoms with E-state index in [1.807, 2.05) is 6.08 Å². The van der Waals surface area contributed by atoms with Crippen LogP contribution in [-0.4, -0.2) is 76.6 Å². The van der Waals surface area contributed by atoms with Gasteiger partial charge in [0.25, 0.3) is 0 Å². The first-order valence-corrected chi connectivity index (χ1v) is 14.5. The number of hydrogen-bond acceptors (Lipinski definition) is 11. The Morgan fingerprint density at radius 2 is 1.54 bits per heavy atom. The Morgan fingerprint density at radius 1 is 0.829 bits per heavy atom. The molecule has 2 bridgehead atoms. The van der Waals surface area contributed by atoms with Crippen molar-refractivity contribution in [3.05, 3.63) is 47.3 Å². The molecule has 218 valence electrons. The Labute approximate surface area is 235 Å². The van der Waals surface area contributed by atoms with Crippen LogP contribution < -0.4 is 22.1 Å². The SMILES string of the molecule is N[C@@H]1O[C@@H]2CCC34C[C@H]5[C@@H](F)[C@H](N)O[C@@H]5COC5(C[C@H]2[C@H]1F)c1ncnc(c15)NC/C=C/CCNc1ncnc3c14. The second-order valence-corrected chi connectivity index (χ2v) is 12.1. The van der Waals surface area contributed by atoms with Crippen molar-refractivity contribution in [1.29, 1.82) is 0 Å². The highest BCUT2D eigenvalue weighted by atomic mass is 19.1. The minimum atomic E-state index is -1.38. The first kappa shape index (κ1) is 25.8. The standard InChI is InChI=1S/C28H34F2N8O3/c29-19-13-8-27-5-4-15-14(20(30)23(31)40-15)9-28(39-10-16(13)41-24(19)32)18-22(28)36-12-38-26(18)34-7-3-1-2-6-33-25-17(27)21(27)35-11-37-25/h1,3,11-16,19-20,23-24H,2,4-10,31-32H2,(H,33,35,37)(H,34,36,38)/b3-1+/t13-,14-,15-,16-,19-,20-,23-,24-,27?,28?/m1/s1. The highest BCUT2D eigenvalue weighted by Gasteiger charge is 2.64. The summed E-state index contributed by atoms with van der Waals surface area (Å²) in [4.78, 5) is 18.2. The van der Waals surface area contributed by atoms with Crippen LogP contribution in [0.3, 0.4) is 0 Å². The van der Waals surface area contributed by atoms with Gasteiger partial charge in [0.1, 0.15) is 54.7 Å². The van der Waals surface area contributed by atoms with E-state index in [0.717, 1.165) is 29.1 Å². The molecule has 10 atom stereocenters. The zero-order chi connectivity index (χ0) is 27.9. The van der Waals surface area contributed by atoms with Crippen molar-refractivity contribution in [1.82, 2.24) is 19.9 Å². The van der Waals surface area contributed by atoms with Crippen LogP contribution in [0, 0.1) is 11.8 Å². The Morgan fingerprint density at radius 3 is 2.34 bits per heavy atom. The maximum absolute atomic E-state index is 15.8. The fourth-order valence-electron chi connectivity index (χ4n) is 7.82. The zero-order valence-electron chi connectivity index (χ0n) is 22.5. The van der Waals surface area contributed by atoms with Gasteiger partial charge in [-0.25, -0.2) is 28.7 Å². The van der Waals surface area contributed by atoms with Gasteiger partial charge >= 0.3 is 0 Å². The number of halogens is 2. The van der Waals surface area contributed by atoms with E-state index in [4.69, 9.17) is 25.7 Å². The van der Waals surface area contributed by atoms with Crippen molar-refractivity contribution in [3.63, 3.8) is 0 Å². The van der Waals surface area contributed by atoms with Gasteiger partial charge in [-0.1, -0.05) is 12.2 Å². The minimum absolute atomic E-state index is 0.0684. The van der Waals surface area contributed by atoms with Crippen molar-refractivity contribution < 1.29 is 23.0 Å². The van der Waals surface area contributed by atoms with Crippen molar-refractivity contribution in [2.75, 3.05) is 30.3 Å². The van der Waals surface area contributed by atoms with Gasteiger partial charge in [-0.05, 0) is 32.1 Å².